The number of nitrogens with one attached hydrogen (secondary N) is 1. The highest BCUT2D eigenvalue weighted by Crippen LogP contribution is 2.52. The summed E-state index contributed by atoms with van der Waals surface area (Å²) >= 11 is 0. The average Bonchev–Trinajstić information content (AvgIpc) is 3.27. The maximum atomic E-state index is 13.8. The number of carbonyl (C=O) groups is 2. The van der Waals surface area contributed by atoms with Gasteiger partial charge < -0.3 is 5.32 Å². The van der Waals surface area contributed by atoms with Crippen molar-refractivity contribution >= 4 is 11.6 Å². The van der Waals surface area contributed by atoms with Gasteiger partial charge in [-0.1, -0.05) is 76.2 Å². The molecular formula is C32H33N3O2. The topological polar surface area (TPSA) is 64.0 Å². The lowest BCUT2D eigenvalue weighted by Crippen LogP contribution is -2.42. The fraction of sp³-hybridized carbons (Fsp3) is 0.344. The normalized spacial score (nSPS) is 21.0. The van der Waals surface area contributed by atoms with Crippen molar-refractivity contribution in [3.8, 4) is 16.9 Å². The summed E-state index contributed by atoms with van der Waals surface area (Å²) in [5.74, 6) is -0.176. The van der Waals surface area contributed by atoms with Gasteiger partial charge in [0.15, 0.2) is 11.6 Å². The van der Waals surface area contributed by atoms with Crippen LogP contribution in [0.5, 0.6) is 0 Å². The number of carbonyl (C=O) groups excluding carboxylic acids is 2. The van der Waals surface area contributed by atoms with Gasteiger partial charge in [0.2, 0.25) is 0 Å². The molecule has 1 N–H and O–H groups in total. The van der Waals surface area contributed by atoms with Gasteiger partial charge in [-0.05, 0) is 35.8 Å². The van der Waals surface area contributed by atoms with Gasteiger partial charge in [-0.25, -0.2) is 4.68 Å². The highest BCUT2D eigenvalue weighted by atomic mass is 16.1. The van der Waals surface area contributed by atoms with E-state index in [4.69, 9.17) is 5.10 Å². The number of Topliss-reactive ketones (excluding diaryl/α,β-unsaturated/α-hetero) is 2. The first kappa shape index (κ1) is 23.7. The first-order chi connectivity index (χ1) is 17.6. The average molecular weight is 492 g/mol. The summed E-state index contributed by atoms with van der Waals surface area (Å²) in [5, 5.41) is 8.65. The number of nitrogens with zero attached hydrogens (tertiary/aromatic N) is 2. The molecule has 2 aromatic carbocycles. The number of rotatable bonds is 3. The minimum atomic E-state index is -0.425. The molecule has 0 radical (unpaired) electrons. The number of allylic oxidation sites excluding steroid dienone is 4. The van der Waals surface area contributed by atoms with Gasteiger partial charge in [0.25, 0.3) is 0 Å². The molecular weight excluding hydrogens is 458 g/mol. The highest BCUT2D eigenvalue weighted by Gasteiger charge is 2.47. The van der Waals surface area contributed by atoms with Crippen LogP contribution in [0.1, 0.15) is 64.9 Å². The second kappa shape index (κ2) is 8.41. The first-order valence-corrected chi connectivity index (χ1v) is 13.1. The Kier molecular flexibility index (Phi) is 5.37. The Morgan fingerprint density at radius 3 is 1.81 bits per heavy atom. The van der Waals surface area contributed by atoms with Crippen LogP contribution < -0.4 is 5.32 Å². The number of benzene rings is 2. The molecule has 37 heavy (non-hydrogen) atoms. The van der Waals surface area contributed by atoms with Crippen LogP contribution in [0, 0.1) is 10.8 Å². The van der Waals surface area contributed by atoms with Gasteiger partial charge in [-0.3, -0.25) is 9.59 Å². The van der Waals surface area contributed by atoms with E-state index in [0.717, 1.165) is 57.9 Å². The Bertz CT molecular complexity index is 1420. The number of dihydropyridines is 1. The second-order valence-corrected chi connectivity index (χ2v) is 12.3. The van der Waals surface area contributed by atoms with Gasteiger partial charge >= 0.3 is 0 Å². The molecule has 6 rings (SSSR count). The van der Waals surface area contributed by atoms with Crippen LogP contribution in [-0.4, -0.2) is 21.3 Å². The number of hydrogen-bond donors (Lipinski definition) is 1. The van der Waals surface area contributed by atoms with Crippen LogP contribution in [0.3, 0.4) is 0 Å². The van der Waals surface area contributed by atoms with Crippen molar-refractivity contribution < 1.29 is 9.59 Å². The summed E-state index contributed by atoms with van der Waals surface area (Å²) in [6.45, 7) is 8.59. The zero-order valence-corrected chi connectivity index (χ0v) is 22.0. The summed E-state index contributed by atoms with van der Waals surface area (Å²) in [4.78, 5) is 27.6. The fourth-order valence-corrected chi connectivity index (χ4v) is 6.33. The minimum absolute atomic E-state index is 0.124. The van der Waals surface area contributed by atoms with Crippen molar-refractivity contribution in [1.29, 1.82) is 0 Å². The van der Waals surface area contributed by atoms with Crippen LogP contribution >= 0.6 is 0 Å². The van der Waals surface area contributed by atoms with Crippen molar-refractivity contribution in [2.24, 2.45) is 10.8 Å². The summed E-state index contributed by atoms with van der Waals surface area (Å²) in [7, 11) is 0. The third kappa shape index (κ3) is 4.16. The van der Waals surface area contributed by atoms with E-state index in [1.165, 1.54) is 0 Å². The molecule has 0 saturated carbocycles. The van der Waals surface area contributed by atoms with Crippen molar-refractivity contribution in [3.63, 3.8) is 0 Å². The molecule has 5 nitrogen and oxygen atoms in total. The molecule has 3 aromatic rings. The van der Waals surface area contributed by atoms with E-state index in [0.29, 0.717) is 12.8 Å². The molecule has 1 aliphatic heterocycles. The largest absolute Gasteiger partial charge is 0.362 e. The van der Waals surface area contributed by atoms with E-state index in [9.17, 15) is 9.59 Å². The van der Waals surface area contributed by atoms with E-state index in [1.807, 2.05) is 71.5 Å². The van der Waals surface area contributed by atoms with Crippen LogP contribution in [0.25, 0.3) is 16.9 Å². The molecule has 0 atom stereocenters. The summed E-state index contributed by atoms with van der Waals surface area (Å²) in [6, 6.07) is 20.1. The molecule has 2 aliphatic carbocycles. The lowest BCUT2D eigenvalue weighted by molar-refractivity contribution is -0.119. The smallest absolute Gasteiger partial charge is 0.162 e. The summed E-state index contributed by atoms with van der Waals surface area (Å²) in [6.07, 6.45) is 4.54. The van der Waals surface area contributed by atoms with Crippen LogP contribution in [0.15, 0.2) is 89.4 Å². The van der Waals surface area contributed by atoms with E-state index in [-0.39, 0.29) is 22.4 Å². The number of ketones is 2. The number of aromatic nitrogens is 2. The number of para-hydroxylation sites is 1. The Hall–Kier alpha value is -3.73. The van der Waals surface area contributed by atoms with Gasteiger partial charge in [0, 0.05) is 58.6 Å². The van der Waals surface area contributed by atoms with Crippen molar-refractivity contribution in [3.05, 3.63) is 95.0 Å². The molecule has 0 amide bonds. The van der Waals surface area contributed by atoms with Gasteiger partial charge in [0.1, 0.15) is 0 Å². The van der Waals surface area contributed by atoms with E-state index in [2.05, 4.69) is 33.0 Å². The Labute approximate surface area is 218 Å². The van der Waals surface area contributed by atoms with E-state index in [1.54, 1.807) is 0 Å². The zero-order valence-electron chi connectivity index (χ0n) is 22.0. The predicted molar refractivity (Wildman–Crippen MR) is 145 cm³/mol. The highest BCUT2D eigenvalue weighted by molar-refractivity contribution is 6.07. The molecule has 188 valence electrons. The van der Waals surface area contributed by atoms with Gasteiger partial charge in [-0.2, -0.15) is 5.10 Å². The van der Waals surface area contributed by atoms with E-state index >= 15 is 0 Å². The van der Waals surface area contributed by atoms with Gasteiger partial charge in [-0.15, -0.1) is 0 Å². The Morgan fingerprint density at radius 1 is 0.757 bits per heavy atom. The minimum Gasteiger partial charge on any atom is -0.362 e. The van der Waals surface area contributed by atoms with Crippen molar-refractivity contribution in [2.45, 2.75) is 59.3 Å². The molecule has 5 heteroatoms. The Morgan fingerprint density at radius 2 is 1.27 bits per heavy atom. The van der Waals surface area contributed by atoms with Crippen LogP contribution in [-0.2, 0) is 9.59 Å². The molecule has 0 fully saturated rings. The van der Waals surface area contributed by atoms with Crippen molar-refractivity contribution in [1.82, 2.24) is 15.1 Å². The number of hydrogen-bond acceptors (Lipinski definition) is 4. The Balaban J connectivity index is 1.62. The monoisotopic (exact) mass is 491 g/mol. The first-order valence-electron chi connectivity index (χ1n) is 13.1. The fourth-order valence-electron chi connectivity index (χ4n) is 6.33. The zero-order chi connectivity index (χ0) is 25.9. The molecule has 0 unspecified atom stereocenters. The standard InChI is InChI=1S/C32H33N3O2/c1-31(2)15-23-28(25(36)17-31)27(29-24(33-23)16-32(3,4)18-26(29)37)22-19-35(21-13-9-6-10-14-21)34-30(22)20-11-7-5-8-12-20/h5-14,19,27,33H,15-18H2,1-4H3. The molecule has 0 bridgehead atoms. The van der Waals surface area contributed by atoms with Crippen LogP contribution in [0.4, 0.5) is 0 Å². The van der Waals surface area contributed by atoms with Gasteiger partial charge in [0.05, 0.1) is 11.4 Å². The molecule has 3 aliphatic rings. The lowest BCUT2D eigenvalue weighted by Gasteiger charge is -2.43. The van der Waals surface area contributed by atoms with Crippen LogP contribution in [0.2, 0.25) is 0 Å². The third-order valence-corrected chi connectivity index (χ3v) is 7.84. The van der Waals surface area contributed by atoms with Crippen molar-refractivity contribution in [2.75, 3.05) is 0 Å². The SMILES string of the molecule is CC1(C)CC(=O)C2=C(C1)NC1=C(C(=O)CC(C)(C)C1)C2c1cn(-c2ccccc2)nc1-c1ccccc1. The summed E-state index contributed by atoms with van der Waals surface area (Å²) in [5.41, 5.74) is 6.82. The molecule has 1 aromatic heterocycles. The van der Waals surface area contributed by atoms with E-state index < -0.39 is 5.92 Å². The predicted octanol–water partition coefficient (Wildman–Crippen LogP) is 6.51. The quantitative estimate of drug-likeness (QED) is 0.453. The summed E-state index contributed by atoms with van der Waals surface area (Å²) < 4.78 is 1.88. The maximum Gasteiger partial charge on any atom is 0.162 e. The molecule has 2 heterocycles. The molecule has 0 saturated heterocycles. The third-order valence-electron chi connectivity index (χ3n) is 7.84. The lowest BCUT2D eigenvalue weighted by atomic mass is 9.64. The second-order valence-electron chi connectivity index (χ2n) is 12.3. The molecule has 0 spiro atoms. The maximum absolute atomic E-state index is 13.8.